The van der Waals surface area contributed by atoms with Crippen LogP contribution >= 0.6 is 0 Å². The van der Waals surface area contributed by atoms with Gasteiger partial charge in [-0.05, 0) is 36.1 Å². The summed E-state index contributed by atoms with van der Waals surface area (Å²) in [5.74, 6) is 0. The zero-order valence-corrected chi connectivity index (χ0v) is 7.75. The van der Waals surface area contributed by atoms with Gasteiger partial charge >= 0.3 is 0 Å². The zero-order valence-electron chi connectivity index (χ0n) is 7.75. The minimum atomic E-state index is 0.763. The highest BCUT2D eigenvalue weighted by Gasteiger charge is 2.17. The third-order valence-corrected chi connectivity index (χ3v) is 2.50. The summed E-state index contributed by atoms with van der Waals surface area (Å²) < 4.78 is 5.49. The maximum Gasteiger partial charge on any atom is 0.0727 e. The second kappa shape index (κ2) is 3.90. The van der Waals surface area contributed by atoms with Gasteiger partial charge in [-0.1, -0.05) is 18.2 Å². The van der Waals surface area contributed by atoms with Crippen LogP contribution in [-0.2, 0) is 4.74 Å². The molecule has 1 heterocycles. The van der Waals surface area contributed by atoms with Gasteiger partial charge in [-0.15, -0.1) is 0 Å². The normalized spacial score (nSPS) is 20.5. The Morgan fingerprint density at radius 3 is 3.15 bits per heavy atom. The summed E-state index contributed by atoms with van der Waals surface area (Å²) in [4.78, 5) is 0. The average molecular weight is 177 g/mol. The Kier molecular flexibility index (Phi) is 2.62. The molecule has 0 unspecified atom stereocenters. The van der Waals surface area contributed by atoms with E-state index in [1.165, 1.54) is 16.7 Å². The molecular formula is C11H15NO. The molecule has 1 aliphatic heterocycles. The summed E-state index contributed by atoms with van der Waals surface area (Å²) in [5, 5.41) is 0. The van der Waals surface area contributed by atoms with E-state index < -0.39 is 0 Å². The van der Waals surface area contributed by atoms with Crippen molar-refractivity contribution in [2.45, 2.75) is 12.8 Å². The van der Waals surface area contributed by atoms with Crippen LogP contribution in [0, 0.1) is 0 Å². The summed E-state index contributed by atoms with van der Waals surface area (Å²) in [6, 6.07) is 0. The average Bonchev–Trinajstić information content (AvgIpc) is 2.62. The Labute approximate surface area is 78.8 Å². The Morgan fingerprint density at radius 1 is 1.38 bits per heavy atom. The molecule has 0 saturated heterocycles. The topological polar surface area (TPSA) is 35.2 Å². The molecule has 0 atom stereocenters. The number of hydrogen-bond acceptors (Lipinski definition) is 2. The van der Waals surface area contributed by atoms with Crippen LogP contribution in [0.1, 0.15) is 12.8 Å². The molecule has 0 bridgehead atoms. The highest BCUT2D eigenvalue weighted by atomic mass is 16.5. The van der Waals surface area contributed by atoms with E-state index in [9.17, 15) is 0 Å². The van der Waals surface area contributed by atoms with Gasteiger partial charge in [0, 0.05) is 0 Å². The van der Waals surface area contributed by atoms with Crippen molar-refractivity contribution in [3.05, 3.63) is 34.9 Å². The predicted molar refractivity (Wildman–Crippen MR) is 53.4 cm³/mol. The lowest BCUT2D eigenvalue weighted by Crippen LogP contribution is -2.13. The number of hydrogen-bond donors (Lipinski definition) is 1. The second-order valence-corrected chi connectivity index (χ2v) is 3.45. The van der Waals surface area contributed by atoms with Crippen LogP contribution in [0.15, 0.2) is 34.9 Å². The van der Waals surface area contributed by atoms with Crippen molar-refractivity contribution in [3.63, 3.8) is 0 Å². The zero-order chi connectivity index (χ0) is 9.10. The molecule has 0 aromatic heterocycles. The summed E-state index contributed by atoms with van der Waals surface area (Å²) in [6.45, 7) is 2.32. The summed E-state index contributed by atoms with van der Waals surface area (Å²) in [7, 11) is 0. The molecule has 0 aromatic rings. The fourth-order valence-corrected chi connectivity index (χ4v) is 1.81. The van der Waals surface area contributed by atoms with Gasteiger partial charge in [0.1, 0.15) is 0 Å². The maximum absolute atomic E-state index is 5.49. The van der Waals surface area contributed by atoms with Crippen molar-refractivity contribution in [1.29, 1.82) is 0 Å². The molecule has 0 spiro atoms. The SMILES string of the molecule is NCCCC1=C2C=CC=C2COC1. The van der Waals surface area contributed by atoms with Gasteiger partial charge in [0.2, 0.25) is 0 Å². The molecule has 0 aromatic carbocycles. The lowest BCUT2D eigenvalue weighted by atomic mass is 9.98. The van der Waals surface area contributed by atoms with Crippen LogP contribution in [0.2, 0.25) is 0 Å². The standard InChI is InChI=1S/C11H15NO/c12-6-2-4-10-8-13-7-9-3-1-5-11(9)10/h1,3,5H,2,4,6-8,12H2. The summed E-state index contributed by atoms with van der Waals surface area (Å²) >= 11 is 0. The monoisotopic (exact) mass is 177 g/mol. The fraction of sp³-hybridized carbons (Fsp3) is 0.455. The lowest BCUT2D eigenvalue weighted by molar-refractivity contribution is 0.170. The minimum absolute atomic E-state index is 0.763. The van der Waals surface area contributed by atoms with Gasteiger partial charge in [0.05, 0.1) is 13.2 Å². The number of allylic oxidation sites excluding steroid dienone is 3. The van der Waals surface area contributed by atoms with Crippen molar-refractivity contribution in [3.8, 4) is 0 Å². The first-order valence-corrected chi connectivity index (χ1v) is 4.79. The third-order valence-electron chi connectivity index (χ3n) is 2.50. The van der Waals surface area contributed by atoms with Gasteiger partial charge in [-0.25, -0.2) is 0 Å². The molecule has 13 heavy (non-hydrogen) atoms. The van der Waals surface area contributed by atoms with Gasteiger partial charge in [0.25, 0.3) is 0 Å². The first-order valence-electron chi connectivity index (χ1n) is 4.79. The molecule has 1 aliphatic carbocycles. The highest BCUT2D eigenvalue weighted by molar-refractivity contribution is 5.52. The van der Waals surface area contributed by atoms with E-state index in [0.717, 1.165) is 32.6 Å². The van der Waals surface area contributed by atoms with Gasteiger partial charge < -0.3 is 10.5 Å². The van der Waals surface area contributed by atoms with Crippen molar-refractivity contribution >= 4 is 0 Å². The van der Waals surface area contributed by atoms with Crippen molar-refractivity contribution in [2.75, 3.05) is 19.8 Å². The van der Waals surface area contributed by atoms with Crippen LogP contribution < -0.4 is 5.73 Å². The Morgan fingerprint density at radius 2 is 2.31 bits per heavy atom. The van der Waals surface area contributed by atoms with Crippen LogP contribution in [0.5, 0.6) is 0 Å². The third kappa shape index (κ3) is 1.74. The van der Waals surface area contributed by atoms with E-state index in [4.69, 9.17) is 10.5 Å². The van der Waals surface area contributed by atoms with Crippen LogP contribution in [0.4, 0.5) is 0 Å². The molecule has 2 N–H and O–H groups in total. The molecular weight excluding hydrogens is 162 g/mol. The van der Waals surface area contributed by atoms with Crippen molar-refractivity contribution < 1.29 is 4.74 Å². The number of fused-ring (bicyclic) bond motifs is 1. The molecule has 2 rings (SSSR count). The van der Waals surface area contributed by atoms with E-state index in [-0.39, 0.29) is 0 Å². The lowest BCUT2D eigenvalue weighted by Gasteiger charge is -2.19. The summed E-state index contributed by atoms with van der Waals surface area (Å²) in [6.07, 6.45) is 8.55. The minimum Gasteiger partial charge on any atom is -0.372 e. The molecule has 0 amide bonds. The molecule has 0 fully saturated rings. The molecule has 2 aliphatic rings. The summed E-state index contributed by atoms with van der Waals surface area (Å²) in [5.41, 5.74) is 9.63. The van der Waals surface area contributed by atoms with Crippen molar-refractivity contribution in [2.24, 2.45) is 5.73 Å². The number of nitrogens with two attached hydrogens (primary N) is 1. The quantitative estimate of drug-likeness (QED) is 0.709. The van der Waals surface area contributed by atoms with E-state index in [0.29, 0.717) is 0 Å². The second-order valence-electron chi connectivity index (χ2n) is 3.45. The molecule has 0 radical (unpaired) electrons. The number of rotatable bonds is 3. The fourth-order valence-electron chi connectivity index (χ4n) is 1.81. The van der Waals surface area contributed by atoms with Crippen molar-refractivity contribution in [1.82, 2.24) is 0 Å². The largest absolute Gasteiger partial charge is 0.372 e. The van der Waals surface area contributed by atoms with Crippen LogP contribution in [-0.4, -0.2) is 19.8 Å². The highest BCUT2D eigenvalue weighted by Crippen LogP contribution is 2.28. The van der Waals surface area contributed by atoms with Gasteiger partial charge in [0.15, 0.2) is 0 Å². The number of ether oxygens (including phenoxy) is 1. The van der Waals surface area contributed by atoms with E-state index in [2.05, 4.69) is 18.2 Å². The molecule has 0 saturated carbocycles. The van der Waals surface area contributed by atoms with Crippen LogP contribution in [0.25, 0.3) is 0 Å². The Bertz CT molecular complexity index is 286. The van der Waals surface area contributed by atoms with E-state index in [1.807, 2.05) is 0 Å². The molecule has 2 nitrogen and oxygen atoms in total. The first-order chi connectivity index (χ1) is 6.42. The van der Waals surface area contributed by atoms with Gasteiger partial charge in [-0.2, -0.15) is 0 Å². The maximum atomic E-state index is 5.49. The van der Waals surface area contributed by atoms with E-state index >= 15 is 0 Å². The first kappa shape index (κ1) is 8.73. The smallest absolute Gasteiger partial charge is 0.0727 e. The van der Waals surface area contributed by atoms with Gasteiger partial charge in [-0.3, -0.25) is 0 Å². The Hall–Kier alpha value is -0.860. The predicted octanol–water partition coefficient (Wildman–Crippen LogP) is 1.55. The molecule has 2 heteroatoms. The van der Waals surface area contributed by atoms with Crippen LogP contribution in [0.3, 0.4) is 0 Å². The Balaban J connectivity index is 2.14. The van der Waals surface area contributed by atoms with E-state index in [1.54, 1.807) is 0 Å². The molecule has 70 valence electrons.